The van der Waals surface area contributed by atoms with Crippen LogP contribution in [0.25, 0.3) is 0 Å². The number of aliphatic hydroxyl groups excluding tert-OH is 1. The molecule has 0 spiro atoms. The number of hydrogen-bond donors (Lipinski definition) is 3. The summed E-state index contributed by atoms with van der Waals surface area (Å²) in [5.74, 6) is 0. The second-order valence-corrected chi connectivity index (χ2v) is 6.79. The third-order valence-electron chi connectivity index (χ3n) is 3.48. The number of phosphoric acid groups is 1. The van der Waals surface area contributed by atoms with Crippen LogP contribution in [0.15, 0.2) is 21.9 Å². The zero-order valence-corrected chi connectivity index (χ0v) is 16.8. The van der Waals surface area contributed by atoms with Crippen LogP contribution in [-0.4, -0.2) is 83.2 Å². The predicted molar refractivity (Wildman–Crippen MR) is 88.3 cm³/mol. The Hall–Kier alpha value is -0.0303. The van der Waals surface area contributed by atoms with Crippen LogP contribution in [-0.2, 0) is 18.3 Å². The Labute approximate surface area is 173 Å². The number of hydrogen-bond acceptors (Lipinski definition) is 7. The fourth-order valence-corrected chi connectivity index (χ4v) is 3.07. The molecule has 2 heterocycles. The minimum absolute atomic E-state index is 0. The summed E-state index contributed by atoms with van der Waals surface area (Å²) in [5.41, 5.74) is -1.07. The van der Waals surface area contributed by atoms with Crippen molar-refractivity contribution in [3.8, 4) is 0 Å². The molecule has 0 bridgehead atoms. The van der Waals surface area contributed by atoms with Crippen LogP contribution in [0, 0.1) is 0 Å². The number of nitrogens with zero attached hydrogens (tertiary/aromatic N) is 1. The minimum Gasteiger partial charge on any atom is -0.396 e. The normalized spacial score (nSPS) is 22.3. The number of aromatic nitrogens is 2. The van der Waals surface area contributed by atoms with Crippen molar-refractivity contribution in [2.45, 2.75) is 38.0 Å². The fourth-order valence-electron chi connectivity index (χ4n) is 2.28. The molecule has 1 aromatic rings. The van der Waals surface area contributed by atoms with E-state index in [1.165, 1.54) is 16.8 Å². The van der Waals surface area contributed by atoms with Crippen LogP contribution in [0.4, 0.5) is 0 Å². The van der Waals surface area contributed by atoms with Gasteiger partial charge in [0, 0.05) is 56.6 Å². The molecule has 3 N–H and O–H groups in total. The summed E-state index contributed by atoms with van der Waals surface area (Å²) in [5, 5.41) is 8.62. The van der Waals surface area contributed by atoms with Crippen molar-refractivity contribution in [2.24, 2.45) is 0 Å². The molecule has 0 saturated carbocycles. The SMILES string of the molecule is O=c1ccn([C@H]2CC[C@H](COP(=O)(O)OCCCCO)O2)c(=O)[nH]1.[Ca]. The van der Waals surface area contributed by atoms with E-state index in [2.05, 4.69) is 4.98 Å². The van der Waals surface area contributed by atoms with Crippen molar-refractivity contribution in [3.63, 3.8) is 0 Å². The van der Waals surface area contributed by atoms with E-state index in [1.54, 1.807) is 0 Å². The van der Waals surface area contributed by atoms with Gasteiger partial charge in [-0.15, -0.1) is 0 Å². The number of phosphoric ester groups is 1. The molecule has 0 amide bonds. The summed E-state index contributed by atoms with van der Waals surface area (Å²) in [6.07, 6.45) is 2.27. The first kappa shape index (κ1) is 23.0. The average molecular weight is 404 g/mol. The second kappa shape index (κ2) is 11.0. The maximum Gasteiger partial charge on any atom is 0.472 e. The fraction of sp³-hybridized carbons (Fsp3) is 0.692. The number of aliphatic hydroxyl groups is 1. The van der Waals surface area contributed by atoms with Crippen LogP contribution in [0.5, 0.6) is 0 Å². The first-order valence-electron chi connectivity index (χ1n) is 7.61. The van der Waals surface area contributed by atoms with Crippen molar-refractivity contribution in [1.29, 1.82) is 0 Å². The molecule has 2 radical (unpaired) electrons. The number of ether oxygens (including phenoxy) is 1. The van der Waals surface area contributed by atoms with E-state index in [1.807, 2.05) is 0 Å². The summed E-state index contributed by atoms with van der Waals surface area (Å²) in [6.45, 7) is -0.154. The Kier molecular flexibility index (Phi) is 10.1. The molecule has 1 aliphatic heterocycles. The van der Waals surface area contributed by atoms with Gasteiger partial charge in [0.2, 0.25) is 0 Å². The molecule has 12 heteroatoms. The van der Waals surface area contributed by atoms with E-state index in [4.69, 9.17) is 18.9 Å². The van der Waals surface area contributed by atoms with E-state index in [-0.39, 0.29) is 57.6 Å². The van der Waals surface area contributed by atoms with Crippen LogP contribution >= 0.6 is 7.82 Å². The summed E-state index contributed by atoms with van der Waals surface area (Å²) in [6, 6.07) is 1.22. The van der Waals surface area contributed by atoms with Crippen LogP contribution in [0.3, 0.4) is 0 Å². The molecule has 10 nitrogen and oxygen atoms in total. The molecule has 25 heavy (non-hydrogen) atoms. The van der Waals surface area contributed by atoms with Gasteiger partial charge in [0.05, 0.1) is 19.3 Å². The molecule has 1 aromatic heterocycles. The van der Waals surface area contributed by atoms with E-state index < -0.39 is 31.4 Å². The number of nitrogens with one attached hydrogen (secondary N) is 1. The topological polar surface area (TPSA) is 140 Å². The van der Waals surface area contributed by atoms with Gasteiger partial charge in [-0.1, -0.05) is 0 Å². The zero-order chi connectivity index (χ0) is 17.6. The summed E-state index contributed by atoms with van der Waals surface area (Å²) >= 11 is 0. The molecule has 0 aromatic carbocycles. The Morgan fingerprint density at radius 2 is 2.08 bits per heavy atom. The summed E-state index contributed by atoms with van der Waals surface area (Å²) in [4.78, 5) is 34.4. The van der Waals surface area contributed by atoms with Crippen LogP contribution in [0.2, 0.25) is 0 Å². The number of rotatable bonds is 9. The smallest absolute Gasteiger partial charge is 0.396 e. The van der Waals surface area contributed by atoms with Crippen molar-refractivity contribution in [3.05, 3.63) is 33.1 Å². The maximum atomic E-state index is 11.7. The molecule has 1 unspecified atom stereocenters. The first-order chi connectivity index (χ1) is 11.4. The van der Waals surface area contributed by atoms with Gasteiger partial charge >= 0.3 is 13.5 Å². The van der Waals surface area contributed by atoms with Gasteiger partial charge in [-0.25, -0.2) is 9.36 Å². The van der Waals surface area contributed by atoms with Crippen molar-refractivity contribution < 1.29 is 28.3 Å². The molecule has 0 aliphatic carbocycles. The standard InChI is InChI=1S/C13H21N2O8P.Ca/c16-7-1-2-8-21-24(19,20)22-9-10-3-4-12(23-10)15-6-5-11(17)14-13(15)18;/h5-6,10,12,16H,1-4,7-9H2,(H,19,20)(H,14,17,18);/t10-,12-;/m1./s1. The first-order valence-corrected chi connectivity index (χ1v) is 9.10. The van der Waals surface area contributed by atoms with Crippen LogP contribution in [0.1, 0.15) is 31.9 Å². The van der Waals surface area contributed by atoms with Gasteiger partial charge in [-0.05, 0) is 25.7 Å². The minimum atomic E-state index is -4.17. The van der Waals surface area contributed by atoms with E-state index in [0.717, 1.165) is 0 Å². The van der Waals surface area contributed by atoms with Gasteiger partial charge < -0.3 is 14.7 Å². The van der Waals surface area contributed by atoms with Gasteiger partial charge in [0.1, 0.15) is 6.23 Å². The molecule has 1 fully saturated rings. The average Bonchev–Trinajstić information content (AvgIpc) is 2.98. The van der Waals surface area contributed by atoms with Gasteiger partial charge in [-0.3, -0.25) is 23.4 Å². The monoisotopic (exact) mass is 404 g/mol. The third-order valence-corrected chi connectivity index (χ3v) is 4.46. The second-order valence-electron chi connectivity index (χ2n) is 5.34. The zero-order valence-electron chi connectivity index (χ0n) is 13.7. The Balaban J connectivity index is 0.00000312. The third kappa shape index (κ3) is 7.62. The number of unbranched alkanes of at least 4 members (excludes halogenated alkanes) is 1. The molecular formula is C13H21CaN2O8P. The van der Waals surface area contributed by atoms with E-state index >= 15 is 0 Å². The molecule has 2 rings (SSSR count). The molecule has 138 valence electrons. The van der Waals surface area contributed by atoms with Crippen molar-refractivity contribution in [2.75, 3.05) is 19.8 Å². The number of aromatic amines is 1. The largest absolute Gasteiger partial charge is 0.472 e. The van der Waals surface area contributed by atoms with Gasteiger partial charge in [0.25, 0.3) is 5.56 Å². The quantitative estimate of drug-likeness (QED) is 0.291. The summed E-state index contributed by atoms with van der Waals surface area (Å²) in [7, 11) is -4.17. The van der Waals surface area contributed by atoms with E-state index in [0.29, 0.717) is 25.7 Å². The van der Waals surface area contributed by atoms with E-state index in [9.17, 15) is 19.0 Å². The maximum absolute atomic E-state index is 11.7. The predicted octanol–water partition coefficient (Wildman–Crippen LogP) is -0.261. The van der Waals surface area contributed by atoms with Crippen molar-refractivity contribution in [1.82, 2.24) is 9.55 Å². The number of H-pyrrole nitrogens is 1. The van der Waals surface area contributed by atoms with Crippen molar-refractivity contribution >= 4 is 45.6 Å². The molecule has 3 atom stereocenters. The van der Waals surface area contributed by atoms with Crippen LogP contribution < -0.4 is 11.2 Å². The van der Waals surface area contributed by atoms with Gasteiger partial charge in [0.15, 0.2) is 0 Å². The Bertz CT molecular complexity index is 693. The molecule has 1 aliphatic rings. The van der Waals surface area contributed by atoms with Gasteiger partial charge in [-0.2, -0.15) is 0 Å². The molecule has 1 saturated heterocycles. The Morgan fingerprint density at radius 3 is 2.76 bits per heavy atom. The molecular weight excluding hydrogens is 383 g/mol. The Morgan fingerprint density at radius 1 is 1.32 bits per heavy atom. The summed E-state index contributed by atoms with van der Waals surface area (Å²) < 4.78 is 28.2.